The molecule has 150 valence electrons. The molecule has 1 N–H and O–H groups in total. The lowest BCUT2D eigenvalue weighted by Crippen LogP contribution is -2.23. The maximum atomic E-state index is 12.4. The highest BCUT2D eigenvalue weighted by molar-refractivity contribution is 8.00. The molecule has 0 saturated carbocycles. The number of carbonyl (C=O) groups excluding carboxylic acids is 2. The summed E-state index contributed by atoms with van der Waals surface area (Å²) in [6.07, 6.45) is 0. The molecule has 0 fully saturated rings. The summed E-state index contributed by atoms with van der Waals surface area (Å²) >= 11 is 1.42. The first-order valence-electron chi connectivity index (χ1n) is 9.56. The zero-order valence-electron chi connectivity index (χ0n) is 17.2. The Bertz CT molecular complexity index is 804. The van der Waals surface area contributed by atoms with Gasteiger partial charge < -0.3 is 10.1 Å². The van der Waals surface area contributed by atoms with E-state index in [0.29, 0.717) is 0 Å². The summed E-state index contributed by atoms with van der Waals surface area (Å²) in [5, 5.41) is 2.96. The zero-order valence-corrected chi connectivity index (χ0v) is 18.1. The molecule has 0 heterocycles. The average Bonchev–Trinajstić information content (AvgIpc) is 2.65. The second-order valence-corrected chi connectivity index (χ2v) is 8.40. The molecule has 5 heteroatoms. The minimum atomic E-state index is -0.398. The van der Waals surface area contributed by atoms with Gasteiger partial charge in [-0.15, -0.1) is 11.8 Å². The van der Waals surface area contributed by atoms with E-state index >= 15 is 0 Å². The predicted molar refractivity (Wildman–Crippen MR) is 116 cm³/mol. The van der Waals surface area contributed by atoms with E-state index in [1.54, 1.807) is 0 Å². The van der Waals surface area contributed by atoms with E-state index in [1.165, 1.54) is 11.8 Å². The van der Waals surface area contributed by atoms with Crippen molar-refractivity contribution in [3.8, 4) is 0 Å². The molecule has 0 spiro atoms. The Balaban J connectivity index is 1.94. The lowest BCUT2D eigenvalue weighted by Gasteiger charge is -2.20. The molecule has 0 aliphatic carbocycles. The summed E-state index contributed by atoms with van der Waals surface area (Å²) in [5.74, 6) is 0.0239. The fourth-order valence-electron chi connectivity index (χ4n) is 2.91. The first kappa shape index (κ1) is 22.0. The highest BCUT2D eigenvalue weighted by Crippen LogP contribution is 2.32. The van der Waals surface area contributed by atoms with Crippen molar-refractivity contribution in [2.45, 2.75) is 51.3 Å². The predicted octanol–water partition coefficient (Wildman–Crippen LogP) is 5.52. The molecule has 28 heavy (non-hydrogen) atoms. The third-order valence-corrected chi connectivity index (χ3v) is 5.59. The molecule has 0 saturated heterocycles. The van der Waals surface area contributed by atoms with Gasteiger partial charge in [0, 0.05) is 10.6 Å². The third-order valence-electron chi connectivity index (χ3n) is 4.44. The summed E-state index contributed by atoms with van der Waals surface area (Å²) in [7, 11) is 0. The molecule has 0 radical (unpaired) electrons. The van der Waals surface area contributed by atoms with Gasteiger partial charge in [-0.05, 0) is 41.5 Å². The van der Waals surface area contributed by atoms with Gasteiger partial charge in [-0.3, -0.25) is 9.59 Å². The van der Waals surface area contributed by atoms with E-state index in [2.05, 4.69) is 33.0 Å². The van der Waals surface area contributed by atoms with Crippen molar-refractivity contribution in [2.24, 2.45) is 0 Å². The van der Waals surface area contributed by atoms with Crippen LogP contribution in [0.3, 0.4) is 0 Å². The summed E-state index contributed by atoms with van der Waals surface area (Å²) in [6, 6.07) is 13.9. The molecule has 4 nitrogen and oxygen atoms in total. The van der Waals surface area contributed by atoms with Crippen molar-refractivity contribution in [1.82, 2.24) is 0 Å². The number of nitrogens with one attached hydrogen (secondary N) is 1. The standard InChI is InChI=1S/C23H29NO3S/c1-15(2)18-10-8-11-19(16(3)4)23(18)24-21(25)13-27-22(26)14-28-20-12-7-6-9-17(20)5/h6-12,15-16H,13-14H2,1-5H3,(H,24,25). The third kappa shape index (κ3) is 6.13. The fourth-order valence-corrected chi connectivity index (χ4v) is 3.74. The van der Waals surface area contributed by atoms with E-state index < -0.39 is 5.97 Å². The Kier molecular flexibility index (Phi) is 8.12. The van der Waals surface area contributed by atoms with Crippen molar-refractivity contribution in [1.29, 1.82) is 0 Å². The van der Waals surface area contributed by atoms with Crippen LogP contribution in [0.4, 0.5) is 5.69 Å². The van der Waals surface area contributed by atoms with Crippen LogP contribution < -0.4 is 5.32 Å². The molecule has 2 aromatic carbocycles. The molecule has 0 unspecified atom stereocenters. The number of benzene rings is 2. The maximum absolute atomic E-state index is 12.4. The van der Waals surface area contributed by atoms with Crippen molar-refractivity contribution in [3.63, 3.8) is 0 Å². The van der Waals surface area contributed by atoms with Gasteiger partial charge in [0.05, 0.1) is 5.75 Å². The summed E-state index contributed by atoms with van der Waals surface area (Å²) in [6.45, 7) is 10.1. The quantitative estimate of drug-likeness (QED) is 0.469. The molecule has 0 aliphatic rings. The lowest BCUT2D eigenvalue weighted by atomic mass is 9.92. The van der Waals surface area contributed by atoms with Crippen LogP contribution >= 0.6 is 11.8 Å². The van der Waals surface area contributed by atoms with Gasteiger partial charge in [0.15, 0.2) is 6.61 Å². The van der Waals surface area contributed by atoms with Gasteiger partial charge in [0.1, 0.15) is 0 Å². The number of rotatable bonds is 8. The van der Waals surface area contributed by atoms with Crippen LogP contribution in [0.1, 0.15) is 56.2 Å². The topological polar surface area (TPSA) is 55.4 Å². The Morgan fingerprint density at radius 2 is 1.57 bits per heavy atom. The van der Waals surface area contributed by atoms with Gasteiger partial charge in [-0.1, -0.05) is 64.1 Å². The SMILES string of the molecule is Cc1ccccc1SCC(=O)OCC(=O)Nc1c(C(C)C)cccc1C(C)C. The van der Waals surface area contributed by atoms with E-state index in [1.807, 2.05) is 49.4 Å². The number of esters is 1. The van der Waals surface area contributed by atoms with Crippen molar-refractivity contribution >= 4 is 29.3 Å². The number of hydrogen-bond donors (Lipinski definition) is 1. The summed E-state index contributed by atoms with van der Waals surface area (Å²) < 4.78 is 5.17. The molecular formula is C23H29NO3S. The molecule has 0 aromatic heterocycles. The highest BCUT2D eigenvalue weighted by Gasteiger charge is 2.17. The van der Waals surface area contributed by atoms with Gasteiger partial charge in [0.2, 0.25) is 0 Å². The largest absolute Gasteiger partial charge is 0.455 e. The molecule has 2 rings (SSSR count). The summed E-state index contributed by atoms with van der Waals surface area (Å²) in [5.41, 5.74) is 4.12. The van der Waals surface area contributed by atoms with Crippen molar-refractivity contribution in [2.75, 3.05) is 17.7 Å². The zero-order chi connectivity index (χ0) is 20.7. The number of carbonyl (C=O) groups is 2. The van der Waals surface area contributed by atoms with Crippen molar-refractivity contribution < 1.29 is 14.3 Å². The second-order valence-electron chi connectivity index (χ2n) is 7.38. The van der Waals surface area contributed by atoms with Crippen LogP contribution in [0.2, 0.25) is 0 Å². The molecule has 1 amide bonds. The first-order valence-corrected chi connectivity index (χ1v) is 10.5. The normalized spacial score (nSPS) is 11.0. The Morgan fingerprint density at radius 3 is 2.14 bits per heavy atom. The van der Waals surface area contributed by atoms with Crippen LogP contribution in [0, 0.1) is 6.92 Å². The minimum absolute atomic E-state index is 0.179. The van der Waals surface area contributed by atoms with Gasteiger partial charge in [0.25, 0.3) is 5.91 Å². The number of hydrogen-bond acceptors (Lipinski definition) is 4. The monoisotopic (exact) mass is 399 g/mol. The van der Waals surface area contributed by atoms with Crippen LogP contribution in [-0.2, 0) is 14.3 Å². The van der Waals surface area contributed by atoms with E-state index in [0.717, 1.165) is 27.3 Å². The van der Waals surface area contributed by atoms with Gasteiger partial charge in [-0.2, -0.15) is 0 Å². The molecule has 0 aliphatic heterocycles. The smallest absolute Gasteiger partial charge is 0.316 e. The molecule has 2 aromatic rings. The number of aryl methyl sites for hydroxylation is 1. The number of anilines is 1. The van der Waals surface area contributed by atoms with Crippen LogP contribution in [-0.4, -0.2) is 24.2 Å². The van der Waals surface area contributed by atoms with E-state index in [4.69, 9.17) is 4.74 Å². The summed E-state index contributed by atoms with van der Waals surface area (Å²) in [4.78, 5) is 25.4. The van der Waals surface area contributed by atoms with E-state index in [-0.39, 0.29) is 30.1 Å². The van der Waals surface area contributed by atoms with Crippen LogP contribution in [0.5, 0.6) is 0 Å². The van der Waals surface area contributed by atoms with Crippen molar-refractivity contribution in [3.05, 3.63) is 59.2 Å². The van der Waals surface area contributed by atoms with Gasteiger partial charge >= 0.3 is 5.97 Å². The highest BCUT2D eigenvalue weighted by atomic mass is 32.2. The minimum Gasteiger partial charge on any atom is -0.455 e. The Labute approximate surface area is 172 Å². The molecule has 0 bridgehead atoms. The Morgan fingerprint density at radius 1 is 0.964 bits per heavy atom. The first-order chi connectivity index (χ1) is 13.3. The number of thioether (sulfide) groups is 1. The number of para-hydroxylation sites is 1. The second kappa shape index (κ2) is 10.3. The van der Waals surface area contributed by atoms with Crippen LogP contribution in [0.25, 0.3) is 0 Å². The number of ether oxygens (including phenoxy) is 1. The maximum Gasteiger partial charge on any atom is 0.316 e. The average molecular weight is 400 g/mol. The van der Waals surface area contributed by atoms with E-state index in [9.17, 15) is 9.59 Å². The fraction of sp³-hybridized carbons (Fsp3) is 0.391. The van der Waals surface area contributed by atoms with Gasteiger partial charge in [-0.25, -0.2) is 0 Å². The Hall–Kier alpha value is -2.27. The number of amides is 1. The molecule has 0 atom stereocenters. The lowest BCUT2D eigenvalue weighted by molar-refractivity contribution is -0.144. The van der Waals surface area contributed by atoms with Crippen LogP contribution in [0.15, 0.2) is 47.4 Å². The molecular weight excluding hydrogens is 370 g/mol.